The number of hydrogen-bond donors (Lipinski definition) is 4. The van der Waals surface area contributed by atoms with Gasteiger partial charge in [-0.25, -0.2) is 9.50 Å². The number of ether oxygens (including phenoxy) is 1. The Bertz CT molecular complexity index is 891. The Kier molecular flexibility index (Phi) is 9.91. The van der Waals surface area contributed by atoms with Gasteiger partial charge in [0.15, 0.2) is 0 Å². The van der Waals surface area contributed by atoms with Crippen molar-refractivity contribution in [3.05, 3.63) is 23.3 Å². The van der Waals surface area contributed by atoms with E-state index in [2.05, 4.69) is 20.4 Å². The largest absolute Gasteiger partial charge is 0.483 e. The number of rotatable bonds is 8. The first-order valence-electron chi connectivity index (χ1n) is 10.4. The van der Waals surface area contributed by atoms with Crippen molar-refractivity contribution in [3.8, 4) is 0 Å². The first-order chi connectivity index (χ1) is 15.3. The fourth-order valence-corrected chi connectivity index (χ4v) is 3.80. The van der Waals surface area contributed by atoms with Crippen LogP contribution in [0.5, 0.6) is 0 Å². The standard InChI is InChI=1S/C19H30N6O4.CH2O2/c1-12-14(13(2)25-19(22-12)20-11-21-25)4-5-17(27)23-15-6-9-29-16(18(15)28)10-24(3)7-8-26;2-1-3/h11,15-16,18,26,28H,4-10H2,1-3H3,(H,23,27);1H,(H,2,3)/t15-,16+,18-;/m0./s1. The number of nitrogens with zero attached hydrogens (tertiary/aromatic N) is 5. The lowest BCUT2D eigenvalue weighted by Gasteiger charge is -2.37. The molecule has 0 unspecified atom stereocenters. The molecule has 3 atom stereocenters. The Hall–Kier alpha value is -2.67. The van der Waals surface area contributed by atoms with Gasteiger partial charge >= 0.3 is 0 Å². The van der Waals surface area contributed by atoms with Crippen molar-refractivity contribution in [3.63, 3.8) is 0 Å². The number of nitrogens with one attached hydrogen (secondary N) is 1. The Labute approximate surface area is 186 Å². The highest BCUT2D eigenvalue weighted by Gasteiger charge is 2.34. The minimum atomic E-state index is -0.787. The normalized spacial score (nSPS) is 20.6. The molecule has 1 aliphatic heterocycles. The smallest absolute Gasteiger partial charge is 0.290 e. The molecule has 0 saturated carbocycles. The van der Waals surface area contributed by atoms with Crippen LogP contribution in [0.15, 0.2) is 6.33 Å². The van der Waals surface area contributed by atoms with Crippen LogP contribution < -0.4 is 5.32 Å². The number of aromatic nitrogens is 4. The molecule has 2 aromatic heterocycles. The summed E-state index contributed by atoms with van der Waals surface area (Å²) in [5.74, 6) is 0.437. The van der Waals surface area contributed by atoms with Crippen LogP contribution in [0.25, 0.3) is 5.78 Å². The molecule has 32 heavy (non-hydrogen) atoms. The molecule has 4 N–H and O–H groups in total. The van der Waals surface area contributed by atoms with Gasteiger partial charge in [-0.15, -0.1) is 0 Å². The molecule has 1 saturated heterocycles. The quantitative estimate of drug-likeness (QED) is 0.363. The minimum Gasteiger partial charge on any atom is -0.483 e. The van der Waals surface area contributed by atoms with Gasteiger partial charge in [-0.3, -0.25) is 9.59 Å². The third-order valence-corrected chi connectivity index (χ3v) is 5.46. The van der Waals surface area contributed by atoms with Crippen molar-refractivity contribution in [2.24, 2.45) is 0 Å². The zero-order chi connectivity index (χ0) is 23.7. The van der Waals surface area contributed by atoms with Crippen molar-refractivity contribution in [1.29, 1.82) is 0 Å². The zero-order valence-electron chi connectivity index (χ0n) is 18.6. The van der Waals surface area contributed by atoms with Gasteiger partial charge in [0.2, 0.25) is 5.91 Å². The SMILES string of the molecule is Cc1nc2ncnn2c(C)c1CCC(=O)N[C@H]1CCO[C@H](CN(C)CCO)[C@H]1O.O=CO. The maximum atomic E-state index is 12.5. The first kappa shape index (κ1) is 25.6. The highest BCUT2D eigenvalue weighted by molar-refractivity contribution is 5.76. The summed E-state index contributed by atoms with van der Waals surface area (Å²) in [4.78, 5) is 31.3. The molecule has 12 heteroatoms. The van der Waals surface area contributed by atoms with E-state index in [1.54, 1.807) is 4.52 Å². The molecule has 0 radical (unpaired) electrons. The number of aliphatic hydroxyl groups is 2. The number of carboxylic acid groups (broad SMARTS) is 1. The zero-order valence-corrected chi connectivity index (χ0v) is 18.6. The molecule has 0 aromatic carbocycles. The third kappa shape index (κ3) is 6.66. The number of carbonyl (C=O) groups excluding carboxylic acids is 1. The van der Waals surface area contributed by atoms with Gasteiger partial charge in [0, 0.05) is 37.5 Å². The van der Waals surface area contributed by atoms with E-state index in [0.717, 1.165) is 17.0 Å². The highest BCUT2D eigenvalue weighted by Crippen LogP contribution is 2.18. The molecule has 2 aromatic rings. The predicted molar refractivity (Wildman–Crippen MR) is 114 cm³/mol. The van der Waals surface area contributed by atoms with Crippen LogP contribution in [-0.4, -0.2) is 104 Å². The summed E-state index contributed by atoms with van der Waals surface area (Å²) in [5.41, 5.74) is 2.75. The average molecular weight is 453 g/mol. The molecular formula is C20H32N6O6. The molecule has 1 amide bonds. The lowest BCUT2D eigenvalue weighted by molar-refractivity contribution is -0.129. The first-order valence-corrected chi connectivity index (χ1v) is 10.4. The van der Waals surface area contributed by atoms with E-state index in [9.17, 15) is 9.90 Å². The van der Waals surface area contributed by atoms with E-state index in [-0.39, 0.29) is 25.0 Å². The second-order valence-electron chi connectivity index (χ2n) is 7.69. The van der Waals surface area contributed by atoms with Crippen molar-refractivity contribution in [1.82, 2.24) is 29.8 Å². The Balaban J connectivity index is 0.00000114. The van der Waals surface area contributed by atoms with Gasteiger partial charge < -0.3 is 30.3 Å². The second-order valence-corrected chi connectivity index (χ2v) is 7.69. The molecule has 0 bridgehead atoms. The van der Waals surface area contributed by atoms with Crippen LogP contribution in [-0.2, 0) is 20.7 Å². The molecule has 3 rings (SSSR count). The van der Waals surface area contributed by atoms with E-state index in [0.29, 0.717) is 44.7 Å². The lowest BCUT2D eigenvalue weighted by Crippen LogP contribution is -2.56. The number of fused-ring (bicyclic) bond motifs is 1. The van der Waals surface area contributed by atoms with Crippen molar-refractivity contribution >= 4 is 18.2 Å². The van der Waals surface area contributed by atoms with Gasteiger partial charge in [-0.05, 0) is 39.3 Å². The number of hydrogen-bond acceptors (Lipinski definition) is 9. The average Bonchev–Trinajstić information content (AvgIpc) is 3.20. The molecule has 178 valence electrons. The summed E-state index contributed by atoms with van der Waals surface area (Å²) < 4.78 is 7.34. The second kappa shape index (κ2) is 12.4. The Morgan fingerprint density at radius 1 is 1.44 bits per heavy atom. The highest BCUT2D eigenvalue weighted by atomic mass is 16.5. The summed E-state index contributed by atoms with van der Waals surface area (Å²) in [6.07, 6.45) is 1.68. The van der Waals surface area contributed by atoms with Crippen LogP contribution in [0.2, 0.25) is 0 Å². The van der Waals surface area contributed by atoms with Gasteiger partial charge in [0.25, 0.3) is 12.2 Å². The summed E-state index contributed by atoms with van der Waals surface area (Å²) in [7, 11) is 1.86. The summed E-state index contributed by atoms with van der Waals surface area (Å²) >= 11 is 0. The van der Waals surface area contributed by atoms with Crippen LogP contribution in [0.4, 0.5) is 0 Å². The van der Waals surface area contributed by atoms with Gasteiger partial charge in [0.1, 0.15) is 12.4 Å². The van der Waals surface area contributed by atoms with Crippen molar-refractivity contribution in [2.45, 2.75) is 51.4 Å². The number of aryl methyl sites for hydroxylation is 2. The predicted octanol–water partition coefficient (Wildman–Crippen LogP) is -1.07. The number of likely N-dealkylation sites (N-methyl/N-ethyl adjacent to an activating group) is 1. The molecule has 0 spiro atoms. The van der Waals surface area contributed by atoms with Crippen molar-refractivity contribution in [2.75, 3.05) is 33.4 Å². The fourth-order valence-electron chi connectivity index (χ4n) is 3.80. The monoisotopic (exact) mass is 452 g/mol. The Morgan fingerprint density at radius 3 is 2.84 bits per heavy atom. The molecule has 1 aliphatic rings. The van der Waals surface area contributed by atoms with Crippen LogP contribution in [0.1, 0.15) is 29.8 Å². The number of carbonyl (C=O) groups is 2. The molecule has 3 heterocycles. The summed E-state index contributed by atoms with van der Waals surface area (Å²) in [6.45, 7) is 5.13. The van der Waals surface area contributed by atoms with E-state index in [1.165, 1.54) is 6.33 Å². The molecule has 0 aliphatic carbocycles. The van der Waals surface area contributed by atoms with Gasteiger partial charge in [0.05, 0.1) is 18.8 Å². The number of amides is 1. The van der Waals surface area contributed by atoms with Gasteiger partial charge in [-0.1, -0.05) is 0 Å². The molecule has 12 nitrogen and oxygen atoms in total. The molecule has 1 fully saturated rings. The van der Waals surface area contributed by atoms with E-state index in [1.807, 2.05) is 25.8 Å². The lowest BCUT2D eigenvalue weighted by atomic mass is 9.98. The summed E-state index contributed by atoms with van der Waals surface area (Å²) in [6, 6.07) is -0.345. The van der Waals surface area contributed by atoms with Crippen LogP contribution >= 0.6 is 0 Å². The summed E-state index contributed by atoms with van der Waals surface area (Å²) in [5, 5.41) is 33.6. The van der Waals surface area contributed by atoms with Crippen LogP contribution in [0.3, 0.4) is 0 Å². The van der Waals surface area contributed by atoms with E-state index in [4.69, 9.17) is 19.7 Å². The maximum Gasteiger partial charge on any atom is 0.290 e. The Morgan fingerprint density at radius 2 is 2.16 bits per heavy atom. The third-order valence-electron chi connectivity index (χ3n) is 5.46. The fraction of sp³-hybridized carbons (Fsp3) is 0.650. The topological polar surface area (TPSA) is 162 Å². The van der Waals surface area contributed by atoms with Crippen LogP contribution in [0, 0.1) is 13.8 Å². The van der Waals surface area contributed by atoms with Gasteiger partial charge in [-0.2, -0.15) is 10.1 Å². The van der Waals surface area contributed by atoms with E-state index >= 15 is 0 Å². The maximum absolute atomic E-state index is 12.5. The van der Waals surface area contributed by atoms with E-state index < -0.39 is 12.2 Å². The minimum absolute atomic E-state index is 0.0492. The van der Waals surface area contributed by atoms with Crippen molar-refractivity contribution < 1.29 is 29.6 Å². The number of aliphatic hydroxyl groups excluding tert-OH is 2. The molecular weight excluding hydrogens is 420 g/mol.